The predicted octanol–water partition coefficient (Wildman–Crippen LogP) is 5.40. The molecule has 0 atom stereocenters. The molecule has 32 heavy (non-hydrogen) atoms. The minimum Gasteiger partial charge on any atom is -0.493 e. The number of ether oxygens (including phenoxy) is 2. The highest BCUT2D eigenvalue weighted by Gasteiger charge is 2.16. The van der Waals surface area contributed by atoms with E-state index in [0.717, 1.165) is 5.56 Å². The Balaban J connectivity index is 1.66. The molecule has 0 aliphatic carbocycles. The van der Waals surface area contributed by atoms with Crippen molar-refractivity contribution in [1.82, 2.24) is 14.8 Å². The van der Waals surface area contributed by atoms with Gasteiger partial charge in [0.05, 0.1) is 28.6 Å². The average molecular weight is 493 g/mol. The summed E-state index contributed by atoms with van der Waals surface area (Å²) in [6.07, 6.45) is 1.73. The van der Waals surface area contributed by atoms with Crippen LogP contribution in [0.5, 0.6) is 11.5 Å². The zero-order chi connectivity index (χ0) is 23.1. The number of halogens is 2. The topological polar surface area (TPSA) is 78.3 Å². The van der Waals surface area contributed by atoms with Crippen LogP contribution in [-0.2, 0) is 17.9 Å². The number of carbonyl (C=O) groups is 1. The normalized spacial score (nSPS) is 10.6. The minimum absolute atomic E-state index is 0.116. The first-order chi connectivity index (χ1) is 15.4. The van der Waals surface area contributed by atoms with Gasteiger partial charge in [0.25, 0.3) is 0 Å². The van der Waals surface area contributed by atoms with Crippen molar-refractivity contribution in [2.24, 2.45) is 0 Å². The lowest BCUT2D eigenvalue weighted by molar-refractivity contribution is -0.113. The molecule has 0 spiro atoms. The molecular formula is C22H22Cl2N4O3S. The molecule has 3 aromatic rings. The summed E-state index contributed by atoms with van der Waals surface area (Å²) in [5.41, 5.74) is 1.53. The van der Waals surface area contributed by atoms with Crippen LogP contribution in [0.2, 0.25) is 10.0 Å². The summed E-state index contributed by atoms with van der Waals surface area (Å²) in [7, 11) is 1.60. The van der Waals surface area contributed by atoms with Crippen LogP contribution in [0, 0.1) is 6.92 Å². The van der Waals surface area contributed by atoms with E-state index in [9.17, 15) is 4.79 Å². The summed E-state index contributed by atoms with van der Waals surface area (Å²) >= 11 is 13.4. The Morgan fingerprint density at radius 2 is 2.06 bits per heavy atom. The summed E-state index contributed by atoms with van der Waals surface area (Å²) in [4.78, 5) is 12.4. The van der Waals surface area contributed by atoms with Crippen molar-refractivity contribution in [3.05, 3.63) is 70.5 Å². The lowest BCUT2D eigenvalue weighted by atomic mass is 10.2. The van der Waals surface area contributed by atoms with E-state index in [1.54, 1.807) is 31.4 Å². The SMILES string of the molecule is C=CCn1c(COc2ccc(C)cc2OC)nnc1SCC(=O)Nc1cccc(Cl)c1Cl. The molecule has 0 saturated heterocycles. The van der Waals surface area contributed by atoms with Crippen molar-refractivity contribution in [3.63, 3.8) is 0 Å². The van der Waals surface area contributed by atoms with Gasteiger partial charge in [0.1, 0.15) is 6.61 Å². The Bertz CT molecular complexity index is 1120. The third kappa shape index (κ3) is 5.97. The molecule has 0 unspecified atom stereocenters. The van der Waals surface area contributed by atoms with Crippen molar-refractivity contribution in [1.29, 1.82) is 0 Å². The highest BCUT2D eigenvalue weighted by molar-refractivity contribution is 7.99. The maximum atomic E-state index is 12.4. The summed E-state index contributed by atoms with van der Waals surface area (Å²) in [5.74, 6) is 1.73. The van der Waals surface area contributed by atoms with Crippen LogP contribution in [0.3, 0.4) is 0 Å². The fourth-order valence-electron chi connectivity index (χ4n) is 2.80. The second kappa shape index (κ2) is 11.3. The van der Waals surface area contributed by atoms with Gasteiger partial charge < -0.3 is 14.8 Å². The van der Waals surface area contributed by atoms with Gasteiger partial charge in [0.2, 0.25) is 5.91 Å². The number of anilines is 1. The number of benzene rings is 2. The van der Waals surface area contributed by atoms with E-state index < -0.39 is 0 Å². The van der Waals surface area contributed by atoms with Gasteiger partial charge in [-0.3, -0.25) is 9.36 Å². The molecule has 0 fully saturated rings. The van der Waals surface area contributed by atoms with E-state index in [0.29, 0.717) is 44.8 Å². The number of thioether (sulfide) groups is 1. The summed E-state index contributed by atoms with van der Waals surface area (Å²) in [5, 5.41) is 12.4. The summed E-state index contributed by atoms with van der Waals surface area (Å²) in [6, 6.07) is 10.7. The van der Waals surface area contributed by atoms with Crippen molar-refractivity contribution < 1.29 is 14.3 Å². The average Bonchev–Trinajstić information content (AvgIpc) is 3.16. The van der Waals surface area contributed by atoms with Gasteiger partial charge in [-0.1, -0.05) is 53.2 Å². The molecule has 168 valence electrons. The number of nitrogens with one attached hydrogen (secondary N) is 1. The lowest BCUT2D eigenvalue weighted by Crippen LogP contribution is -2.15. The zero-order valence-corrected chi connectivity index (χ0v) is 19.9. The van der Waals surface area contributed by atoms with Crippen LogP contribution in [0.25, 0.3) is 0 Å². The van der Waals surface area contributed by atoms with Crippen LogP contribution in [0.4, 0.5) is 5.69 Å². The molecule has 0 aliphatic heterocycles. The molecule has 0 aliphatic rings. The Morgan fingerprint density at radius 1 is 1.25 bits per heavy atom. The number of nitrogens with zero attached hydrogens (tertiary/aromatic N) is 3. The van der Waals surface area contributed by atoms with Gasteiger partial charge in [-0.15, -0.1) is 16.8 Å². The van der Waals surface area contributed by atoms with E-state index in [2.05, 4.69) is 22.1 Å². The van der Waals surface area contributed by atoms with E-state index in [-0.39, 0.29) is 18.3 Å². The summed E-state index contributed by atoms with van der Waals surface area (Å²) < 4.78 is 13.1. The van der Waals surface area contributed by atoms with Crippen LogP contribution >= 0.6 is 35.0 Å². The van der Waals surface area contributed by atoms with Crippen LogP contribution < -0.4 is 14.8 Å². The molecule has 1 heterocycles. The smallest absolute Gasteiger partial charge is 0.234 e. The molecule has 2 aromatic carbocycles. The Hall–Kier alpha value is -2.68. The Morgan fingerprint density at radius 3 is 2.81 bits per heavy atom. The van der Waals surface area contributed by atoms with E-state index >= 15 is 0 Å². The standard InChI is InChI=1S/C22H22Cl2N4O3S/c1-4-10-28-19(12-31-17-9-8-14(2)11-18(17)30-3)26-27-22(28)32-13-20(29)25-16-7-5-6-15(23)21(16)24/h4-9,11H,1,10,12-13H2,2-3H3,(H,25,29). The third-order valence-electron chi connectivity index (χ3n) is 4.34. The predicted molar refractivity (Wildman–Crippen MR) is 128 cm³/mol. The fraction of sp³-hybridized carbons (Fsp3) is 0.227. The van der Waals surface area contributed by atoms with Crippen LogP contribution in [0.15, 0.2) is 54.2 Å². The number of amides is 1. The first-order valence-corrected chi connectivity index (χ1v) is 11.3. The number of hydrogen-bond acceptors (Lipinski definition) is 6. The number of aromatic nitrogens is 3. The first-order valence-electron chi connectivity index (χ1n) is 9.60. The number of allylic oxidation sites excluding steroid dienone is 1. The lowest BCUT2D eigenvalue weighted by Gasteiger charge is -2.12. The van der Waals surface area contributed by atoms with Crippen molar-refractivity contribution in [2.75, 3.05) is 18.2 Å². The third-order valence-corrected chi connectivity index (χ3v) is 6.12. The maximum absolute atomic E-state index is 12.4. The molecule has 1 N–H and O–H groups in total. The molecular weight excluding hydrogens is 471 g/mol. The van der Waals surface area contributed by atoms with E-state index in [4.69, 9.17) is 32.7 Å². The second-order valence-corrected chi connectivity index (χ2v) is 8.41. The number of methoxy groups -OCH3 is 1. The highest BCUT2D eigenvalue weighted by Crippen LogP contribution is 2.30. The minimum atomic E-state index is -0.241. The van der Waals surface area contributed by atoms with Gasteiger partial charge in [-0.05, 0) is 36.8 Å². The number of rotatable bonds is 10. The Kier molecular flexibility index (Phi) is 8.44. The quantitative estimate of drug-likeness (QED) is 0.301. The van der Waals surface area contributed by atoms with Gasteiger partial charge in [0.15, 0.2) is 22.5 Å². The van der Waals surface area contributed by atoms with Gasteiger partial charge >= 0.3 is 0 Å². The highest BCUT2D eigenvalue weighted by atomic mass is 35.5. The van der Waals surface area contributed by atoms with Crippen molar-refractivity contribution in [2.45, 2.75) is 25.2 Å². The van der Waals surface area contributed by atoms with E-state index in [1.165, 1.54) is 11.8 Å². The monoisotopic (exact) mass is 492 g/mol. The number of aryl methyl sites for hydroxylation is 1. The molecule has 3 rings (SSSR count). The molecule has 0 saturated carbocycles. The Labute approximate surface area is 200 Å². The summed E-state index contributed by atoms with van der Waals surface area (Å²) in [6.45, 7) is 6.43. The van der Waals surface area contributed by atoms with Crippen molar-refractivity contribution >= 4 is 46.6 Å². The molecule has 0 bridgehead atoms. The maximum Gasteiger partial charge on any atom is 0.234 e. The van der Waals surface area contributed by atoms with E-state index in [1.807, 2.05) is 29.7 Å². The molecule has 10 heteroatoms. The number of hydrogen-bond donors (Lipinski definition) is 1. The molecule has 1 amide bonds. The van der Waals surface area contributed by atoms with Gasteiger partial charge in [0, 0.05) is 6.54 Å². The molecule has 1 aromatic heterocycles. The largest absolute Gasteiger partial charge is 0.493 e. The second-order valence-electron chi connectivity index (χ2n) is 6.68. The van der Waals surface area contributed by atoms with Gasteiger partial charge in [-0.2, -0.15) is 0 Å². The van der Waals surface area contributed by atoms with Crippen molar-refractivity contribution in [3.8, 4) is 11.5 Å². The van der Waals surface area contributed by atoms with Crippen LogP contribution in [-0.4, -0.2) is 33.5 Å². The fourth-order valence-corrected chi connectivity index (χ4v) is 3.91. The van der Waals surface area contributed by atoms with Gasteiger partial charge in [-0.25, -0.2) is 0 Å². The number of carbonyl (C=O) groups excluding carboxylic acids is 1. The first kappa shape index (κ1) is 24.0. The zero-order valence-electron chi connectivity index (χ0n) is 17.6. The van der Waals surface area contributed by atoms with Crippen LogP contribution in [0.1, 0.15) is 11.4 Å². The molecule has 0 radical (unpaired) electrons. The molecule has 7 nitrogen and oxygen atoms in total.